The fraction of sp³-hybridized carbons (Fsp3) is 0.200. The normalized spacial score (nSPS) is 11.8. The molecule has 0 atom stereocenters. The molecule has 0 unspecified atom stereocenters. The number of pyridine rings is 1. The summed E-state index contributed by atoms with van der Waals surface area (Å²) in [5, 5.41) is 3.61. The minimum Gasteiger partial charge on any atom is -0.396 e. The SMILES string of the molecule is Cc1ccc(-n2ncc(N)c2C(F)(F)F)cn1. The van der Waals surface area contributed by atoms with E-state index in [9.17, 15) is 13.2 Å². The molecule has 0 bridgehead atoms. The number of hydrogen-bond acceptors (Lipinski definition) is 3. The Kier molecular flexibility index (Phi) is 2.53. The van der Waals surface area contributed by atoms with Crippen molar-refractivity contribution in [3.63, 3.8) is 0 Å². The molecule has 2 N–H and O–H groups in total. The average molecular weight is 242 g/mol. The van der Waals surface area contributed by atoms with Crippen molar-refractivity contribution < 1.29 is 13.2 Å². The van der Waals surface area contributed by atoms with E-state index in [2.05, 4.69) is 10.1 Å². The van der Waals surface area contributed by atoms with E-state index in [1.54, 1.807) is 13.0 Å². The summed E-state index contributed by atoms with van der Waals surface area (Å²) in [7, 11) is 0. The number of aromatic nitrogens is 3. The van der Waals surface area contributed by atoms with Gasteiger partial charge >= 0.3 is 6.18 Å². The van der Waals surface area contributed by atoms with Crippen molar-refractivity contribution in [3.05, 3.63) is 35.9 Å². The zero-order valence-electron chi connectivity index (χ0n) is 8.86. The van der Waals surface area contributed by atoms with E-state index in [4.69, 9.17) is 5.73 Å². The summed E-state index contributed by atoms with van der Waals surface area (Å²) in [6.07, 6.45) is -2.26. The molecule has 0 amide bonds. The van der Waals surface area contributed by atoms with Crippen LogP contribution in [0.1, 0.15) is 11.4 Å². The lowest BCUT2D eigenvalue weighted by Gasteiger charge is -2.10. The van der Waals surface area contributed by atoms with Crippen LogP contribution in [0.4, 0.5) is 18.9 Å². The summed E-state index contributed by atoms with van der Waals surface area (Å²) in [5.74, 6) is 0. The molecule has 2 aromatic heterocycles. The smallest absolute Gasteiger partial charge is 0.396 e. The van der Waals surface area contributed by atoms with Crippen LogP contribution in [0.3, 0.4) is 0 Å². The van der Waals surface area contributed by atoms with Gasteiger partial charge in [0.1, 0.15) is 0 Å². The van der Waals surface area contributed by atoms with Crippen LogP contribution in [0.15, 0.2) is 24.5 Å². The van der Waals surface area contributed by atoms with Gasteiger partial charge in [0.05, 0.1) is 23.8 Å². The molecule has 0 aliphatic carbocycles. The van der Waals surface area contributed by atoms with Crippen molar-refractivity contribution in [2.45, 2.75) is 13.1 Å². The van der Waals surface area contributed by atoms with E-state index in [0.29, 0.717) is 5.69 Å². The lowest BCUT2D eigenvalue weighted by Crippen LogP contribution is -2.15. The molecule has 4 nitrogen and oxygen atoms in total. The molecule has 0 aliphatic rings. The number of anilines is 1. The van der Waals surface area contributed by atoms with Crippen LogP contribution in [0.2, 0.25) is 0 Å². The topological polar surface area (TPSA) is 56.7 Å². The third kappa shape index (κ3) is 2.08. The predicted octanol–water partition coefficient (Wildman–Crippen LogP) is 2.18. The molecule has 2 rings (SSSR count). The van der Waals surface area contributed by atoms with Gasteiger partial charge in [0, 0.05) is 5.69 Å². The van der Waals surface area contributed by atoms with Crippen molar-refractivity contribution in [2.24, 2.45) is 0 Å². The molecular formula is C10H9F3N4. The zero-order chi connectivity index (χ0) is 12.6. The van der Waals surface area contributed by atoms with Gasteiger partial charge in [-0.2, -0.15) is 18.3 Å². The standard InChI is InChI=1S/C10H9F3N4/c1-6-2-3-7(4-15-6)17-9(10(11,12)13)8(14)5-16-17/h2-5H,14H2,1H3. The van der Waals surface area contributed by atoms with Gasteiger partial charge in [0.2, 0.25) is 0 Å². The number of nitrogens with two attached hydrogens (primary N) is 1. The summed E-state index contributed by atoms with van der Waals surface area (Å²) in [6, 6.07) is 3.11. The first-order chi connectivity index (χ1) is 7.89. The van der Waals surface area contributed by atoms with Crippen LogP contribution in [0.25, 0.3) is 5.69 Å². The highest BCUT2D eigenvalue weighted by Gasteiger charge is 2.38. The summed E-state index contributed by atoms with van der Waals surface area (Å²) >= 11 is 0. The zero-order valence-corrected chi connectivity index (χ0v) is 8.86. The highest BCUT2D eigenvalue weighted by Crippen LogP contribution is 2.34. The highest BCUT2D eigenvalue weighted by atomic mass is 19.4. The number of halogens is 3. The number of alkyl halides is 3. The number of aryl methyl sites for hydroxylation is 1. The number of nitrogens with zero attached hydrogens (tertiary/aromatic N) is 3. The largest absolute Gasteiger partial charge is 0.435 e. The lowest BCUT2D eigenvalue weighted by molar-refractivity contribution is -0.142. The third-order valence-electron chi connectivity index (χ3n) is 2.21. The Balaban J connectivity index is 2.57. The molecular weight excluding hydrogens is 233 g/mol. The molecule has 0 saturated carbocycles. The van der Waals surface area contributed by atoms with E-state index in [1.165, 1.54) is 12.3 Å². The van der Waals surface area contributed by atoms with Gasteiger partial charge in [-0.1, -0.05) is 0 Å². The molecule has 0 fully saturated rings. The number of hydrogen-bond donors (Lipinski definition) is 1. The second kappa shape index (κ2) is 3.76. The minimum absolute atomic E-state index is 0.222. The average Bonchev–Trinajstić information content (AvgIpc) is 2.61. The van der Waals surface area contributed by atoms with Gasteiger partial charge in [-0.05, 0) is 19.1 Å². The first-order valence-corrected chi connectivity index (χ1v) is 4.73. The minimum atomic E-state index is -4.55. The van der Waals surface area contributed by atoms with Crippen LogP contribution in [0.5, 0.6) is 0 Å². The van der Waals surface area contributed by atoms with E-state index in [0.717, 1.165) is 10.9 Å². The molecule has 0 radical (unpaired) electrons. The fourth-order valence-corrected chi connectivity index (χ4v) is 1.43. The van der Waals surface area contributed by atoms with Crippen molar-refractivity contribution in [1.82, 2.24) is 14.8 Å². The Hall–Kier alpha value is -2.05. The van der Waals surface area contributed by atoms with Crippen molar-refractivity contribution in [2.75, 3.05) is 5.73 Å². The first-order valence-electron chi connectivity index (χ1n) is 4.73. The molecule has 2 heterocycles. The summed E-state index contributed by atoms with van der Waals surface area (Å²) < 4.78 is 39.0. The maximum atomic E-state index is 12.7. The number of nitrogen functional groups attached to an aromatic ring is 1. The maximum absolute atomic E-state index is 12.7. The summed E-state index contributed by atoms with van der Waals surface area (Å²) in [4.78, 5) is 3.92. The summed E-state index contributed by atoms with van der Waals surface area (Å²) in [5.41, 5.74) is 4.82. The van der Waals surface area contributed by atoms with E-state index >= 15 is 0 Å². The Morgan fingerprint density at radius 3 is 2.47 bits per heavy atom. The van der Waals surface area contributed by atoms with Gasteiger partial charge in [-0.25, -0.2) is 4.68 Å². The quantitative estimate of drug-likeness (QED) is 0.833. The van der Waals surface area contributed by atoms with Crippen LogP contribution in [-0.4, -0.2) is 14.8 Å². The monoisotopic (exact) mass is 242 g/mol. The van der Waals surface area contributed by atoms with Gasteiger partial charge < -0.3 is 5.73 Å². The molecule has 17 heavy (non-hydrogen) atoms. The van der Waals surface area contributed by atoms with Crippen LogP contribution < -0.4 is 5.73 Å². The molecule has 0 aromatic carbocycles. The second-order valence-electron chi connectivity index (χ2n) is 3.52. The predicted molar refractivity (Wildman–Crippen MR) is 55.5 cm³/mol. The fourth-order valence-electron chi connectivity index (χ4n) is 1.43. The van der Waals surface area contributed by atoms with Gasteiger partial charge in [0.15, 0.2) is 5.69 Å². The molecule has 0 saturated heterocycles. The van der Waals surface area contributed by atoms with Crippen molar-refractivity contribution in [1.29, 1.82) is 0 Å². The Morgan fingerprint density at radius 1 is 1.24 bits per heavy atom. The Labute approximate surface area is 94.9 Å². The molecule has 0 aliphatic heterocycles. The Morgan fingerprint density at radius 2 is 1.94 bits per heavy atom. The van der Waals surface area contributed by atoms with E-state index in [-0.39, 0.29) is 5.69 Å². The van der Waals surface area contributed by atoms with E-state index < -0.39 is 17.6 Å². The molecule has 90 valence electrons. The lowest BCUT2D eigenvalue weighted by atomic mass is 10.3. The third-order valence-corrected chi connectivity index (χ3v) is 2.21. The molecule has 7 heteroatoms. The summed E-state index contributed by atoms with van der Waals surface area (Å²) in [6.45, 7) is 1.74. The maximum Gasteiger partial charge on any atom is 0.435 e. The van der Waals surface area contributed by atoms with E-state index in [1.807, 2.05) is 0 Å². The highest BCUT2D eigenvalue weighted by molar-refractivity contribution is 5.47. The van der Waals surface area contributed by atoms with Crippen LogP contribution in [0, 0.1) is 6.92 Å². The van der Waals surface area contributed by atoms with Crippen LogP contribution >= 0.6 is 0 Å². The van der Waals surface area contributed by atoms with Crippen LogP contribution in [-0.2, 0) is 6.18 Å². The van der Waals surface area contributed by atoms with Gasteiger partial charge in [0.25, 0.3) is 0 Å². The van der Waals surface area contributed by atoms with Gasteiger partial charge in [-0.3, -0.25) is 4.98 Å². The van der Waals surface area contributed by atoms with Crippen molar-refractivity contribution >= 4 is 5.69 Å². The van der Waals surface area contributed by atoms with Crippen molar-refractivity contribution in [3.8, 4) is 5.69 Å². The molecule has 2 aromatic rings. The molecule has 0 spiro atoms. The number of rotatable bonds is 1. The first kappa shape index (κ1) is 11.4. The Bertz CT molecular complexity index is 527. The van der Waals surface area contributed by atoms with Gasteiger partial charge in [-0.15, -0.1) is 0 Å². The second-order valence-corrected chi connectivity index (χ2v) is 3.52.